The number of unbranched alkanes of at least 4 members (excludes halogenated alkanes) is 2. The van der Waals surface area contributed by atoms with Crippen molar-refractivity contribution in [1.29, 1.82) is 0 Å². The molecule has 1 aliphatic heterocycles. The van der Waals surface area contributed by atoms with Gasteiger partial charge in [-0.3, -0.25) is 24.0 Å². The van der Waals surface area contributed by atoms with E-state index in [9.17, 15) is 39.0 Å². The highest BCUT2D eigenvalue weighted by Gasteiger charge is 2.36. The molecule has 2 heterocycles. The minimum atomic E-state index is -1.36. The Balaban J connectivity index is 1.83. The summed E-state index contributed by atoms with van der Waals surface area (Å²) < 4.78 is 0. The number of imidazole rings is 1. The standard InChI is InChI=1S/C34H52N10O8/c35-13-3-1-6-24(40-30(47)25(7-2-4-14-36)41-33(50)28-8-5-15-44(28)29(46)18-37)31(48)42-26(16-21-9-11-23(45)12-10-21)32(49)43-27(34(51)52)17-22-19-38-20-39-22/h9-12,19-20,24-28,45H,1-8,13-18,35-37H2,(H,38,39)(H,40,47)(H,41,50)(H,42,48)(H,43,49)(H,51,52)/t24-,25-,26-,27-,28-/m0/s1. The molecule has 286 valence electrons. The minimum Gasteiger partial charge on any atom is -0.508 e. The van der Waals surface area contributed by atoms with Gasteiger partial charge >= 0.3 is 5.97 Å². The second kappa shape index (κ2) is 21.3. The highest BCUT2D eigenvalue weighted by molar-refractivity contribution is 5.96. The molecule has 0 saturated carbocycles. The maximum absolute atomic E-state index is 13.9. The van der Waals surface area contributed by atoms with Crippen molar-refractivity contribution in [3.05, 3.63) is 48.0 Å². The molecule has 13 N–H and O–H groups in total. The summed E-state index contributed by atoms with van der Waals surface area (Å²) in [6.45, 7) is 0.814. The van der Waals surface area contributed by atoms with Crippen LogP contribution in [0.2, 0.25) is 0 Å². The van der Waals surface area contributed by atoms with E-state index in [4.69, 9.17) is 17.2 Å². The largest absolute Gasteiger partial charge is 0.508 e. The second-order valence-electron chi connectivity index (χ2n) is 12.8. The predicted molar refractivity (Wildman–Crippen MR) is 189 cm³/mol. The van der Waals surface area contributed by atoms with Crippen molar-refractivity contribution in [2.75, 3.05) is 26.2 Å². The van der Waals surface area contributed by atoms with Crippen LogP contribution in [-0.4, -0.2) is 117 Å². The number of nitrogens with zero attached hydrogens (tertiary/aromatic N) is 2. The number of nitrogens with two attached hydrogens (primary N) is 3. The van der Waals surface area contributed by atoms with E-state index in [1.807, 2.05) is 0 Å². The Morgan fingerprint density at radius 3 is 1.94 bits per heavy atom. The van der Waals surface area contributed by atoms with E-state index >= 15 is 0 Å². The van der Waals surface area contributed by atoms with Gasteiger partial charge in [0, 0.05) is 31.3 Å². The highest BCUT2D eigenvalue weighted by Crippen LogP contribution is 2.18. The van der Waals surface area contributed by atoms with Crippen LogP contribution in [0.3, 0.4) is 0 Å². The number of carboxylic acids is 1. The van der Waals surface area contributed by atoms with Gasteiger partial charge in [0.1, 0.15) is 36.0 Å². The fourth-order valence-electron chi connectivity index (χ4n) is 5.96. The van der Waals surface area contributed by atoms with Gasteiger partial charge in [0.25, 0.3) is 0 Å². The van der Waals surface area contributed by atoms with Gasteiger partial charge in [-0.2, -0.15) is 0 Å². The topological polar surface area (TPSA) is 301 Å². The molecule has 5 amide bonds. The molecule has 3 rings (SSSR count). The zero-order valence-corrected chi connectivity index (χ0v) is 29.2. The highest BCUT2D eigenvalue weighted by atomic mass is 16.4. The number of nitrogens with one attached hydrogen (secondary N) is 5. The summed E-state index contributed by atoms with van der Waals surface area (Å²) in [6, 6.07) is 0.285. The summed E-state index contributed by atoms with van der Waals surface area (Å²) in [4.78, 5) is 87.2. The first-order valence-corrected chi connectivity index (χ1v) is 17.6. The third-order valence-electron chi connectivity index (χ3n) is 8.81. The van der Waals surface area contributed by atoms with E-state index < -0.39 is 59.8 Å². The number of amides is 5. The SMILES string of the molecule is NCCCC[C@H](NC(=O)[C@H](CCCCN)NC(=O)[C@@H]1CCCN1C(=O)CN)C(=O)N[C@@H](Cc1ccc(O)cc1)C(=O)N[C@@H](Cc1cnc[nH]1)C(=O)O. The van der Waals surface area contributed by atoms with E-state index in [0.717, 1.165) is 0 Å². The number of carboxylic acid groups (broad SMARTS) is 1. The zero-order valence-electron chi connectivity index (χ0n) is 29.2. The maximum atomic E-state index is 13.9. The van der Waals surface area contributed by atoms with Gasteiger partial charge in [0.05, 0.1) is 12.9 Å². The molecule has 0 aliphatic carbocycles. The number of likely N-dealkylation sites (tertiary alicyclic amines) is 1. The van der Waals surface area contributed by atoms with Crippen molar-refractivity contribution in [3.8, 4) is 5.75 Å². The average Bonchev–Trinajstić information content (AvgIpc) is 3.84. The molecule has 0 bridgehead atoms. The summed E-state index contributed by atoms with van der Waals surface area (Å²) >= 11 is 0. The third-order valence-corrected chi connectivity index (χ3v) is 8.81. The van der Waals surface area contributed by atoms with Crippen LogP contribution in [0.4, 0.5) is 0 Å². The molecule has 1 saturated heterocycles. The Labute approximate surface area is 302 Å². The Morgan fingerprint density at radius 1 is 0.808 bits per heavy atom. The molecule has 1 aliphatic rings. The predicted octanol–water partition coefficient (Wildman–Crippen LogP) is -1.87. The summed E-state index contributed by atoms with van der Waals surface area (Å²) in [5.74, 6) is -4.35. The lowest BCUT2D eigenvalue weighted by molar-refractivity contribution is -0.142. The lowest BCUT2D eigenvalue weighted by Gasteiger charge is -2.28. The van der Waals surface area contributed by atoms with Crippen molar-refractivity contribution in [2.45, 2.75) is 94.4 Å². The van der Waals surface area contributed by atoms with Gasteiger partial charge in [-0.25, -0.2) is 9.78 Å². The van der Waals surface area contributed by atoms with E-state index in [1.165, 1.54) is 29.6 Å². The molecule has 18 nitrogen and oxygen atoms in total. The molecule has 0 spiro atoms. The van der Waals surface area contributed by atoms with Gasteiger partial charge in [-0.15, -0.1) is 0 Å². The lowest BCUT2D eigenvalue weighted by atomic mass is 10.0. The molecule has 0 radical (unpaired) electrons. The summed E-state index contributed by atoms with van der Waals surface area (Å²) in [7, 11) is 0. The molecule has 52 heavy (non-hydrogen) atoms. The summed E-state index contributed by atoms with van der Waals surface area (Å²) in [5.41, 5.74) is 17.9. The molecule has 1 fully saturated rings. The second-order valence-corrected chi connectivity index (χ2v) is 12.8. The summed E-state index contributed by atoms with van der Waals surface area (Å²) in [6.07, 6.45) is 6.05. The third kappa shape index (κ3) is 12.9. The molecule has 18 heteroatoms. The average molecular weight is 729 g/mol. The minimum absolute atomic E-state index is 0.0123. The van der Waals surface area contributed by atoms with Crippen molar-refractivity contribution >= 4 is 35.5 Å². The number of aromatic nitrogens is 2. The molecule has 0 unspecified atom stereocenters. The first kappa shape index (κ1) is 41.4. The lowest BCUT2D eigenvalue weighted by Crippen LogP contribution is -2.59. The van der Waals surface area contributed by atoms with E-state index in [-0.39, 0.29) is 43.9 Å². The van der Waals surface area contributed by atoms with Crippen LogP contribution in [0.1, 0.15) is 62.6 Å². The van der Waals surface area contributed by atoms with Crippen molar-refractivity contribution in [2.24, 2.45) is 17.2 Å². The molecule has 1 aromatic heterocycles. The number of rotatable bonds is 22. The Morgan fingerprint density at radius 2 is 1.38 bits per heavy atom. The quantitative estimate of drug-likeness (QED) is 0.0597. The van der Waals surface area contributed by atoms with Crippen molar-refractivity contribution < 1.29 is 39.0 Å². The number of H-pyrrole nitrogens is 1. The van der Waals surface area contributed by atoms with E-state index in [1.54, 1.807) is 12.1 Å². The number of benzene rings is 1. The number of phenolic OH excluding ortho intramolecular Hbond substituents is 1. The van der Waals surface area contributed by atoms with Crippen LogP contribution in [0.15, 0.2) is 36.8 Å². The number of hydrogen-bond acceptors (Lipinski definition) is 11. The first-order chi connectivity index (χ1) is 25.0. The smallest absolute Gasteiger partial charge is 0.326 e. The number of hydrogen-bond donors (Lipinski definition) is 10. The number of aromatic hydroxyl groups is 1. The Bertz CT molecular complexity index is 1470. The van der Waals surface area contributed by atoms with Crippen LogP contribution >= 0.6 is 0 Å². The zero-order chi connectivity index (χ0) is 38.0. The molecule has 5 atom stereocenters. The van der Waals surface area contributed by atoms with Gasteiger partial charge in [-0.05, 0) is 82.2 Å². The molecular weight excluding hydrogens is 676 g/mol. The number of aromatic amines is 1. The molecular formula is C34H52N10O8. The number of carbonyl (C=O) groups excluding carboxylic acids is 5. The van der Waals surface area contributed by atoms with Crippen LogP contribution in [0.25, 0.3) is 0 Å². The van der Waals surface area contributed by atoms with Crippen LogP contribution in [0, 0.1) is 0 Å². The monoisotopic (exact) mass is 728 g/mol. The number of aliphatic carboxylic acids is 1. The van der Waals surface area contributed by atoms with E-state index in [0.29, 0.717) is 69.4 Å². The van der Waals surface area contributed by atoms with Crippen LogP contribution in [-0.2, 0) is 41.6 Å². The molecule has 2 aromatic rings. The first-order valence-electron chi connectivity index (χ1n) is 17.6. The Kier molecular flexibility index (Phi) is 17.0. The fraction of sp³-hybridized carbons (Fsp3) is 0.559. The van der Waals surface area contributed by atoms with Crippen LogP contribution in [0.5, 0.6) is 5.75 Å². The van der Waals surface area contributed by atoms with Gasteiger partial charge in [0.2, 0.25) is 29.5 Å². The normalized spacial score (nSPS) is 16.3. The van der Waals surface area contributed by atoms with Gasteiger partial charge < -0.3 is 58.6 Å². The van der Waals surface area contributed by atoms with E-state index in [2.05, 4.69) is 31.2 Å². The molecule has 1 aromatic carbocycles. The Hall–Kier alpha value is -5.07. The van der Waals surface area contributed by atoms with Crippen LogP contribution < -0.4 is 38.5 Å². The van der Waals surface area contributed by atoms with Gasteiger partial charge in [-0.1, -0.05) is 12.1 Å². The van der Waals surface area contributed by atoms with Crippen molar-refractivity contribution in [1.82, 2.24) is 36.1 Å². The maximum Gasteiger partial charge on any atom is 0.326 e. The van der Waals surface area contributed by atoms with Gasteiger partial charge in [0.15, 0.2) is 0 Å². The van der Waals surface area contributed by atoms with Crippen molar-refractivity contribution in [3.63, 3.8) is 0 Å². The number of phenols is 1. The summed E-state index contributed by atoms with van der Waals surface area (Å²) in [5, 5.41) is 30.3. The fourth-order valence-corrected chi connectivity index (χ4v) is 5.96. The number of carbonyl (C=O) groups is 6.